The van der Waals surface area contributed by atoms with Crippen LogP contribution >= 0.6 is 0 Å². The monoisotopic (exact) mass is 260 g/mol. The Morgan fingerprint density at radius 1 is 1.37 bits per heavy atom. The van der Waals surface area contributed by atoms with Crippen molar-refractivity contribution >= 4 is 16.9 Å². The molecule has 0 saturated carbocycles. The van der Waals surface area contributed by atoms with E-state index in [0.29, 0.717) is 18.4 Å². The van der Waals surface area contributed by atoms with E-state index >= 15 is 0 Å². The molecule has 1 N–H and O–H groups in total. The van der Waals surface area contributed by atoms with Crippen LogP contribution in [0, 0.1) is 5.41 Å². The van der Waals surface area contributed by atoms with Crippen LogP contribution in [-0.4, -0.2) is 20.9 Å². The molecule has 0 unspecified atom stereocenters. The van der Waals surface area contributed by atoms with E-state index in [1.807, 2.05) is 12.1 Å². The first-order valence-corrected chi connectivity index (χ1v) is 6.10. The fourth-order valence-corrected chi connectivity index (χ4v) is 1.83. The highest BCUT2D eigenvalue weighted by molar-refractivity contribution is 5.78. The number of para-hydroxylation sites is 1. The van der Waals surface area contributed by atoms with Gasteiger partial charge in [0.25, 0.3) is 0 Å². The van der Waals surface area contributed by atoms with Gasteiger partial charge in [0, 0.05) is 11.9 Å². The predicted molar refractivity (Wildman–Crippen MR) is 72.0 cm³/mol. The molecule has 19 heavy (non-hydrogen) atoms. The maximum Gasteiger partial charge on any atom is 0.309 e. The largest absolute Gasteiger partial charge is 0.481 e. The number of carboxylic acid groups (broad SMARTS) is 1. The minimum absolute atomic E-state index is 0.121. The lowest BCUT2D eigenvalue weighted by atomic mass is 9.90. The van der Waals surface area contributed by atoms with Crippen LogP contribution in [0.25, 0.3) is 10.9 Å². The summed E-state index contributed by atoms with van der Waals surface area (Å²) in [6.45, 7) is 3.82. The van der Waals surface area contributed by atoms with Crippen molar-refractivity contribution < 1.29 is 9.90 Å². The van der Waals surface area contributed by atoms with Gasteiger partial charge >= 0.3 is 5.97 Å². The number of aliphatic carboxylic acids is 1. The average Bonchev–Trinajstić information content (AvgIpc) is 2.38. The number of hydrogen-bond donors (Lipinski definition) is 1. The molecular weight excluding hydrogens is 244 g/mol. The zero-order chi connectivity index (χ0) is 14.0. The van der Waals surface area contributed by atoms with E-state index in [2.05, 4.69) is 5.10 Å². The van der Waals surface area contributed by atoms with E-state index in [1.54, 1.807) is 30.7 Å². The highest BCUT2D eigenvalue weighted by Crippen LogP contribution is 2.21. The van der Waals surface area contributed by atoms with Gasteiger partial charge in [-0.15, -0.1) is 0 Å². The molecule has 1 aromatic heterocycles. The molecule has 100 valence electrons. The number of nitrogens with zero attached hydrogens (tertiary/aromatic N) is 2. The van der Waals surface area contributed by atoms with E-state index in [4.69, 9.17) is 5.11 Å². The Morgan fingerprint density at radius 2 is 2.05 bits per heavy atom. The third kappa shape index (κ3) is 2.65. The summed E-state index contributed by atoms with van der Waals surface area (Å²) in [5, 5.41) is 13.8. The Morgan fingerprint density at radius 3 is 2.74 bits per heavy atom. The first kappa shape index (κ1) is 13.3. The Kier molecular flexibility index (Phi) is 3.38. The van der Waals surface area contributed by atoms with Crippen molar-refractivity contribution in [1.82, 2.24) is 9.78 Å². The van der Waals surface area contributed by atoms with E-state index in [1.165, 1.54) is 6.20 Å². The van der Waals surface area contributed by atoms with Crippen molar-refractivity contribution in [2.75, 3.05) is 0 Å². The molecule has 2 aromatic rings. The normalized spacial score (nSPS) is 11.7. The van der Waals surface area contributed by atoms with E-state index in [-0.39, 0.29) is 5.43 Å². The molecule has 0 fully saturated rings. The zero-order valence-corrected chi connectivity index (χ0v) is 11.0. The van der Waals surface area contributed by atoms with Gasteiger partial charge < -0.3 is 5.11 Å². The molecule has 0 spiro atoms. The molecule has 0 aliphatic carbocycles. The van der Waals surface area contributed by atoms with Gasteiger partial charge in [0.15, 0.2) is 0 Å². The summed E-state index contributed by atoms with van der Waals surface area (Å²) in [5.74, 6) is -0.835. The lowest BCUT2D eigenvalue weighted by Crippen LogP contribution is -2.26. The maximum absolute atomic E-state index is 11.7. The minimum Gasteiger partial charge on any atom is -0.481 e. The van der Waals surface area contributed by atoms with Gasteiger partial charge in [-0.3, -0.25) is 14.3 Å². The number of carboxylic acids is 1. The maximum atomic E-state index is 11.7. The fourth-order valence-electron chi connectivity index (χ4n) is 1.83. The van der Waals surface area contributed by atoms with Crippen molar-refractivity contribution in [3.8, 4) is 0 Å². The number of hydrogen-bond acceptors (Lipinski definition) is 3. The van der Waals surface area contributed by atoms with Gasteiger partial charge in [-0.1, -0.05) is 12.1 Å². The molecule has 2 rings (SSSR count). The average molecular weight is 260 g/mol. The van der Waals surface area contributed by atoms with E-state index < -0.39 is 11.4 Å². The predicted octanol–water partition coefficient (Wildman–Crippen LogP) is 1.90. The van der Waals surface area contributed by atoms with Crippen LogP contribution in [0.4, 0.5) is 0 Å². The molecule has 0 atom stereocenters. The van der Waals surface area contributed by atoms with Crippen LogP contribution in [0.1, 0.15) is 20.3 Å². The number of benzene rings is 1. The zero-order valence-electron chi connectivity index (χ0n) is 11.0. The molecule has 1 heterocycles. The molecule has 0 aliphatic heterocycles. The summed E-state index contributed by atoms with van der Waals surface area (Å²) in [7, 11) is 0. The lowest BCUT2D eigenvalue weighted by Gasteiger charge is -2.19. The van der Waals surface area contributed by atoms with Gasteiger partial charge in [-0.05, 0) is 32.4 Å². The van der Waals surface area contributed by atoms with Crippen LogP contribution in [0.2, 0.25) is 0 Å². The minimum atomic E-state index is -0.835. The van der Waals surface area contributed by atoms with Crippen molar-refractivity contribution in [2.45, 2.75) is 26.8 Å². The standard InChI is InChI=1S/C14H16N2O3/c1-14(2,13(18)19)7-8-16-11-6-4-3-5-10(11)12(17)9-15-16/h3-6,9H,7-8H2,1-2H3,(H,18,19). The molecule has 5 nitrogen and oxygen atoms in total. The molecule has 0 saturated heterocycles. The molecular formula is C14H16N2O3. The second-order valence-corrected chi connectivity index (χ2v) is 5.19. The van der Waals surface area contributed by atoms with Crippen LogP contribution in [0.15, 0.2) is 35.3 Å². The Bertz CT molecular complexity index is 674. The number of fused-ring (bicyclic) bond motifs is 1. The topological polar surface area (TPSA) is 72.2 Å². The lowest BCUT2D eigenvalue weighted by molar-refractivity contribution is -0.147. The summed E-state index contributed by atoms with van der Waals surface area (Å²) in [6.07, 6.45) is 1.72. The van der Waals surface area contributed by atoms with Crippen molar-refractivity contribution in [3.05, 3.63) is 40.7 Å². The molecule has 1 aromatic carbocycles. The molecule has 5 heteroatoms. The number of rotatable bonds is 4. The van der Waals surface area contributed by atoms with Gasteiger partial charge in [-0.2, -0.15) is 5.10 Å². The van der Waals surface area contributed by atoms with Crippen molar-refractivity contribution in [1.29, 1.82) is 0 Å². The third-order valence-electron chi connectivity index (χ3n) is 3.29. The Hall–Kier alpha value is -2.17. The SMILES string of the molecule is CC(C)(CCn1ncc(=O)c2ccccc21)C(=O)O. The smallest absolute Gasteiger partial charge is 0.309 e. The van der Waals surface area contributed by atoms with Crippen LogP contribution in [0.3, 0.4) is 0 Å². The van der Waals surface area contributed by atoms with Gasteiger partial charge in [0.1, 0.15) is 0 Å². The van der Waals surface area contributed by atoms with Gasteiger partial charge in [0.2, 0.25) is 5.43 Å². The summed E-state index contributed by atoms with van der Waals surface area (Å²) in [6, 6.07) is 7.20. The highest BCUT2D eigenvalue weighted by atomic mass is 16.4. The fraction of sp³-hybridized carbons (Fsp3) is 0.357. The molecule has 0 radical (unpaired) electrons. The van der Waals surface area contributed by atoms with Crippen molar-refractivity contribution in [2.24, 2.45) is 5.41 Å². The number of aryl methyl sites for hydroxylation is 1. The molecule has 0 amide bonds. The van der Waals surface area contributed by atoms with Crippen LogP contribution in [-0.2, 0) is 11.3 Å². The number of carbonyl (C=O) groups is 1. The van der Waals surface area contributed by atoms with Gasteiger partial charge in [-0.25, -0.2) is 0 Å². The van der Waals surface area contributed by atoms with E-state index in [9.17, 15) is 9.59 Å². The Balaban J connectivity index is 2.35. The quantitative estimate of drug-likeness (QED) is 0.911. The first-order valence-electron chi connectivity index (χ1n) is 6.10. The molecule has 0 bridgehead atoms. The second-order valence-electron chi connectivity index (χ2n) is 5.19. The summed E-state index contributed by atoms with van der Waals surface area (Å²) < 4.78 is 1.68. The third-order valence-corrected chi connectivity index (χ3v) is 3.29. The first-order chi connectivity index (χ1) is 8.92. The van der Waals surface area contributed by atoms with E-state index in [0.717, 1.165) is 5.52 Å². The number of aromatic nitrogens is 2. The second kappa shape index (κ2) is 4.84. The van der Waals surface area contributed by atoms with Crippen molar-refractivity contribution in [3.63, 3.8) is 0 Å². The van der Waals surface area contributed by atoms with Gasteiger partial charge in [0.05, 0.1) is 17.1 Å². The summed E-state index contributed by atoms with van der Waals surface area (Å²) >= 11 is 0. The van der Waals surface area contributed by atoms with Crippen LogP contribution in [0.5, 0.6) is 0 Å². The molecule has 0 aliphatic rings. The summed E-state index contributed by atoms with van der Waals surface area (Å²) in [4.78, 5) is 22.8. The highest BCUT2D eigenvalue weighted by Gasteiger charge is 2.26. The summed E-state index contributed by atoms with van der Waals surface area (Å²) in [5.41, 5.74) is -0.202. The Labute approximate surface area is 110 Å². The van der Waals surface area contributed by atoms with Crippen LogP contribution < -0.4 is 5.43 Å².